The highest BCUT2D eigenvalue weighted by Crippen LogP contribution is 2.04. The monoisotopic (exact) mass is 410 g/mol. The predicted molar refractivity (Wildman–Crippen MR) is 111 cm³/mol. The average Bonchev–Trinajstić information content (AvgIpc) is 2.75. The van der Waals surface area contributed by atoms with Gasteiger partial charge < -0.3 is 0 Å². The highest BCUT2D eigenvalue weighted by Gasteiger charge is 2.19. The molecule has 2 radical (unpaired) electrons. The van der Waals surface area contributed by atoms with E-state index < -0.39 is 0 Å². The first-order valence-corrected chi connectivity index (χ1v) is 11.3. The lowest BCUT2D eigenvalue weighted by Gasteiger charge is -2.13. The number of hydrogen-bond acceptors (Lipinski definition) is 2. The van der Waals surface area contributed by atoms with Crippen LogP contribution in [0.1, 0.15) is 20.7 Å². The maximum absolute atomic E-state index is 12.5. The first-order chi connectivity index (χ1) is 13.4. The molecule has 2 aromatic rings. The minimum absolute atomic E-state index is 0.0108. The second-order valence-electron chi connectivity index (χ2n) is 6.25. The van der Waals surface area contributed by atoms with Gasteiger partial charge in [0.1, 0.15) is 14.1 Å². The molecule has 6 nitrogen and oxygen atoms in total. The SMILES string of the molecule is CN(C(=O)c1ccccc1)[N+](C)=[Si]CC[Si]=[N+](C)N(C)C(=O)c1ccccc1. The Labute approximate surface area is 171 Å². The fourth-order valence-corrected chi connectivity index (χ4v) is 4.60. The molecule has 0 saturated heterocycles. The van der Waals surface area contributed by atoms with Gasteiger partial charge in [-0.15, -0.1) is 10.0 Å². The Kier molecular flexibility index (Phi) is 8.27. The molecule has 0 aromatic heterocycles. The fourth-order valence-electron chi connectivity index (χ4n) is 2.46. The Morgan fingerprint density at radius 2 is 1.04 bits per heavy atom. The van der Waals surface area contributed by atoms with Crippen molar-refractivity contribution < 1.29 is 18.2 Å². The average molecular weight is 411 g/mol. The molecule has 0 N–H and O–H groups in total. The normalized spacial score (nSPS) is 11.9. The molecule has 0 aliphatic carbocycles. The Balaban J connectivity index is 1.90. The Hall–Kier alpha value is -2.59. The molecule has 0 unspecified atom stereocenters. The Bertz CT molecular complexity index is 797. The lowest BCUT2D eigenvalue weighted by Crippen LogP contribution is -2.36. The van der Waals surface area contributed by atoms with Gasteiger partial charge in [0.25, 0.3) is 0 Å². The molecule has 2 amide bonds. The van der Waals surface area contributed by atoms with E-state index in [4.69, 9.17) is 0 Å². The summed E-state index contributed by atoms with van der Waals surface area (Å²) in [7, 11) is 8.44. The minimum Gasteiger partial charge on any atom is -0.263 e. The smallest absolute Gasteiger partial charge is 0.263 e. The standard InChI is InChI=1S/C20H26N4O2Si2/c1-21(19(25)17-11-7-5-8-12-17)23(3)27-15-16-28-24(4)22(2)20(26)18-13-9-6-10-14-18/h5-14H,15-16H2,1-4H3/q+2. The Morgan fingerprint density at radius 1 is 0.714 bits per heavy atom. The van der Waals surface area contributed by atoms with Crippen LogP contribution in [-0.2, 0) is 0 Å². The second kappa shape index (κ2) is 10.7. The first-order valence-electron chi connectivity index (χ1n) is 9.02. The molecule has 0 bridgehead atoms. The van der Waals surface area contributed by atoms with Gasteiger partial charge in [0.15, 0.2) is 0 Å². The number of carbonyl (C=O) groups is 2. The van der Waals surface area contributed by atoms with Crippen LogP contribution in [0.5, 0.6) is 0 Å². The van der Waals surface area contributed by atoms with E-state index in [2.05, 4.69) is 0 Å². The van der Waals surface area contributed by atoms with Crippen molar-refractivity contribution >= 4 is 30.4 Å². The summed E-state index contributed by atoms with van der Waals surface area (Å²) in [6, 6.07) is 20.5. The van der Waals surface area contributed by atoms with Gasteiger partial charge in [-0.1, -0.05) is 36.4 Å². The van der Waals surface area contributed by atoms with E-state index in [1.165, 1.54) is 0 Å². The number of carbonyl (C=O) groups excluding carboxylic acids is 2. The van der Waals surface area contributed by atoms with Gasteiger partial charge in [-0.2, -0.15) is 8.65 Å². The fraction of sp³-hybridized carbons (Fsp3) is 0.300. The van der Waals surface area contributed by atoms with Crippen molar-refractivity contribution in [1.29, 1.82) is 0 Å². The van der Waals surface area contributed by atoms with Crippen LogP contribution < -0.4 is 0 Å². The summed E-state index contributed by atoms with van der Waals surface area (Å²) in [5, 5.41) is 3.32. The summed E-state index contributed by atoms with van der Waals surface area (Å²) in [5.41, 5.74) is 1.37. The molecule has 0 heterocycles. The minimum atomic E-state index is -0.0108. The van der Waals surface area contributed by atoms with Gasteiger partial charge in [-0.05, 0) is 24.3 Å². The molecule has 0 fully saturated rings. The topological polar surface area (TPSA) is 46.6 Å². The predicted octanol–water partition coefficient (Wildman–Crippen LogP) is 2.26. The zero-order chi connectivity index (χ0) is 20.5. The molecule has 0 aliphatic rings. The molecular weight excluding hydrogens is 384 g/mol. The van der Waals surface area contributed by atoms with E-state index in [1.807, 2.05) is 83.4 Å². The van der Waals surface area contributed by atoms with Gasteiger partial charge in [-0.25, -0.2) is 0 Å². The van der Waals surface area contributed by atoms with Crippen LogP contribution in [0, 0.1) is 0 Å². The summed E-state index contributed by atoms with van der Waals surface area (Å²) < 4.78 is 3.91. The number of hydrazine groups is 2. The van der Waals surface area contributed by atoms with Crippen LogP contribution in [-0.4, -0.2) is 77.3 Å². The van der Waals surface area contributed by atoms with Gasteiger partial charge in [0, 0.05) is 23.2 Å². The molecule has 0 spiro atoms. The number of hydrogen-bond donors (Lipinski definition) is 0. The van der Waals surface area contributed by atoms with Crippen molar-refractivity contribution in [3.63, 3.8) is 0 Å². The molecule has 8 heteroatoms. The molecule has 0 atom stereocenters. The maximum atomic E-state index is 12.5. The molecule has 0 aliphatic heterocycles. The quantitative estimate of drug-likeness (QED) is 0.399. The van der Waals surface area contributed by atoms with Crippen molar-refractivity contribution in [3.8, 4) is 0 Å². The molecule has 144 valence electrons. The number of benzene rings is 2. The van der Waals surface area contributed by atoms with Crippen molar-refractivity contribution in [3.05, 3.63) is 71.8 Å². The van der Waals surface area contributed by atoms with E-state index in [0.717, 1.165) is 12.1 Å². The van der Waals surface area contributed by atoms with Gasteiger partial charge in [0.2, 0.25) is 0 Å². The molecular formula is C20H26N4O2Si2+2. The second-order valence-corrected chi connectivity index (χ2v) is 9.18. The third kappa shape index (κ3) is 5.96. The van der Waals surface area contributed by atoms with Crippen molar-refractivity contribution in [2.24, 2.45) is 0 Å². The van der Waals surface area contributed by atoms with E-state index in [9.17, 15) is 9.59 Å². The summed E-state index contributed by atoms with van der Waals surface area (Å²) in [4.78, 5) is 24.9. The number of rotatable bonds is 7. The van der Waals surface area contributed by atoms with Crippen LogP contribution in [0.25, 0.3) is 0 Å². The van der Waals surface area contributed by atoms with E-state index in [1.54, 1.807) is 24.1 Å². The van der Waals surface area contributed by atoms with Crippen LogP contribution in [0.4, 0.5) is 0 Å². The van der Waals surface area contributed by atoms with Gasteiger partial charge >= 0.3 is 30.4 Å². The van der Waals surface area contributed by atoms with Crippen LogP contribution in [0.2, 0.25) is 12.1 Å². The van der Waals surface area contributed by atoms with Crippen molar-refractivity contribution in [1.82, 2.24) is 10.0 Å². The van der Waals surface area contributed by atoms with E-state index in [0.29, 0.717) is 29.8 Å². The Morgan fingerprint density at radius 3 is 1.36 bits per heavy atom. The summed E-state index contributed by atoms with van der Waals surface area (Å²) in [6.45, 7) is 0. The molecule has 2 rings (SSSR count). The summed E-state index contributed by atoms with van der Waals surface area (Å²) in [6.07, 6.45) is 0. The zero-order valence-electron chi connectivity index (χ0n) is 16.8. The number of nitrogens with zero attached hydrogens (tertiary/aromatic N) is 4. The highest BCUT2D eigenvalue weighted by molar-refractivity contribution is 6.24. The third-order valence-electron chi connectivity index (χ3n) is 4.34. The van der Waals surface area contributed by atoms with E-state index in [-0.39, 0.29) is 11.8 Å². The molecule has 2 aromatic carbocycles. The van der Waals surface area contributed by atoms with Crippen LogP contribution in [0.15, 0.2) is 60.7 Å². The largest absolute Gasteiger partial charge is 0.447 e. The highest BCUT2D eigenvalue weighted by atomic mass is 28.2. The molecule has 28 heavy (non-hydrogen) atoms. The maximum Gasteiger partial charge on any atom is 0.447 e. The number of amides is 2. The third-order valence-corrected chi connectivity index (χ3v) is 7.30. The van der Waals surface area contributed by atoms with Gasteiger partial charge in [-0.3, -0.25) is 9.59 Å². The molecule has 0 saturated carbocycles. The van der Waals surface area contributed by atoms with E-state index >= 15 is 0 Å². The zero-order valence-corrected chi connectivity index (χ0v) is 18.8. The summed E-state index contributed by atoms with van der Waals surface area (Å²) >= 11 is 0. The van der Waals surface area contributed by atoms with Crippen LogP contribution in [0.3, 0.4) is 0 Å². The lowest BCUT2D eigenvalue weighted by atomic mass is 10.2. The van der Waals surface area contributed by atoms with Gasteiger partial charge in [0.05, 0.1) is 14.1 Å². The van der Waals surface area contributed by atoms with Crippen molar-refractivity contribution in [2.45, 2.75) is 12.1 Å². The lowest BCUT2D eigenvalue weighted by molar-refractivity contribution is -0.628. The first kappa shape index (κ1) is 21.7. The van der Waals surface area contributed by atoms with Crippen LogP contribution >= 0.6 is 0 Å². The summed E-state index contributed by atoms with van der Waals surface area (Å²) in [5.74, 6) is -0.0216. The van der Waals surface area contributed by atoms with Crippen molar-refractivity contribution in [2.75, 3.05) is 28.2 Å².